The molecule has 0 bridgehead atoms. The van der Waals surface area contributed by atoms with E-state index in [4.69, 9.17) is 0 Å². The molecule has 0 atom stereocenters. The lowest BCUT2D eigenvalue weighted by atomic mass is 10.1. The summed E-state index contributed by atoms with van der Waals surface area (Å²) in [6.45, 7) is 7.22. The molecule has 10 heteroatoms. The van der Waals surface area contributed by atoms with Crippen LogP contribution in [0.5, 0.6) is 0 Å². The van der Waals surface area contributed by atoms with Gasteiger partial charge in [0, 0.05) is 44.1 Å². The molecular weight excluding hydrogens is 486 g/mol. The van der Waals surface area contributed by atoms with E-state index in [0.717, 1.165) is 61.0 Å². The van der Waals surface area contributed by atoms with Crippen molar-refractivity contribution in [1.82, 2.24) is 24.6 Å². The van der Waals surface area contributed by atoms with Crippen molar-refractivity contribution in [2.24, 2.45) is 0 Å². The molecular formula is C27H29N7O2S. The summed E-state index contributed by atoms with van der Waals surface area (Å²) in [4.78, 5) is 35.3. The van der Waals surface area contributed by atoms with Crippen LogP contribution in [0, 0.1) is 6.92 Å². The van der Waals surface area contributed by atoms with E-state index in [1.807, 2.05) is 25.1 Å². The first-order chi connectivity index (χ1) is 17.9. The lowest BCUT2D eigenvalue weighted by Gasteiger charge is -2.32. The zero-order valence-electron chi connectivity index (χ0n) is 20.8. The summed E-state index contributed by atoms with van der Waals surface area (Å²) < 4.78 is 1.64. The van der Waals surface area contributed by atoms with Crippen molar-refractivity contribution < 1.29 is 9.59 Å². The predicted molar refractivity (Wildman–Crippen MR) is 146 cm³/mol. The van der Waals surface area contributed by atoms with E-state index in [9.17, 15) is 9.59 Å². The maximum atomic E-state index is 12.9. The van der Waals surface area contributed by atoms with E-state index in [1.54, 1.807) is 35.3 Å². The van der Waals surface area contributed by atoms with Gasteiger partial charge in [-0.25, -0.2) is 9.67 Å². The van der Waals surface area contributed by atoms with Crippen molar-refractivity contribution in [3.8, 4) is 5.69 Å². The summed E-state index contributed by atoms with van der Waals surface area (Å²) in [6, 6.07) is 16.8. The molecule has 0 unspecified atom stereocenters. The second-order valence-electron chi connectivity index (χ2n) is 9.19. The highest BCUT2D eigenvalue weighted by atomic mass is 32.1. The second kappa shape index (κ2) is 11.0. The Morgan fingerprint density at radius 1 is 0.919 bits per heavy atom. The molecule has 0 aliphatic carbocycles. The zero-order valence-corrected chi connectivity index (χ0v) is 21.7. The summed E-state index contributed by atoms with van der Waals surface area (Å²) in [5.74, 6) is -0.488. The summed E-state index contributed by atoms with van der Waals surface area (Å²) in [5, 5.41) is 9.95. The van der Waals surface area contributed by atoms with Gasteiger partial charge in [-0.05, 0) is 67.6 Å². The molecule has 0 saturated carbocycles. The molecule has 190 valence electrons. The van der Waals surface area contributed by atoms with E-state index < -0.39 is 0 Å². The number of amides is 2. The number of carbonyl (C=O) groups excluding carboxylic acids is 2. The molecule has 0 spiro atoms. The highest BCUT2D eigenvalue weighted by Crippen LogP contribution is 2.23. The predicted octanol–water partition coefficient (Wildman–Crippen LogP) is 3.89. The molecule has 2 aromatic carbocycles. The zero-order chi connectivity index (χ0) is 25.8. The number of aryl methyl sites for hydroxylation is 1. The van der Waals surface area contributed by atoms with Gasteiger partial charge in [0.2, 0.25) is 0 Å². The van der Waals surface area contributed by atoms with Crippen LogP contribution in [-0.2, 0) is 6.54 Å². The number of likely N-dealkylation sites (N-methyl/N-ethyl adjacent to an activating group) is 1. The maximum absolute atomic E-state index is 12.9. The fraction of sp³-hybridized carbons (Fsp3) is 0.259. The van der Waals surface area contributed by atoms with Crippen LogP contribution < -0.4 is 10.6 Å². The number of rotatable bonds is 7. The number of hydrogen-bond donors (Lipinski definition) is 2. The van der Waals surface area contributed by atoms with Crippen LogP contribution in [0.15, 0.2) is 67.3 Å². The molecule has 1 fully saturated rings. The highest BCUT2D eigenvalue weighted by molar-refractivity contribution is 7.16. The topological polar surface area (TPSA) is 95.4 Å². The van der Waals surface area contributed by atoms with E-state index in [-0.39, 0.29) is 11.8 Å². The average Bonchev–Trinajstić information content (AvgIpc) is 3.61. The van der Waals surface area contributed by atoms with Gasteiger partial charge in [0.1, 0.15) is 12.7 Å². The Morgan fingerprint density at radius 2 is 1.62 bits per heavy atom. The van der Waals surface area contributed by atoms with E-state index in [1.165, 1.54) is 11.9 Å². The van der Waals surface area contributed by atoms with Crippen molar-refractivity contribution in [3.63, 3.8) is 0 Å². The summed E-state index contributed by atoms with van der Waals surface area (Å²) in [6.07, 6.45) is 3.07. The molecule has 4 aromatic rings. The Hall–Kier alpha value is -3.86. The number of benzene rings is 2. The molecule has 2 amide bonds. The molecule has 2 aromatic heterocycles. The Kier molecular flexibility index (Phi) is 7.40. The Labute approximate surface area is 219 Å². The number of hydrogen-bond acceptors (Lipinski definition) is 7. The van der Waals surface area contributed by atoms with Crippen LogP contribution in [-0.4, -0.2) is 69.6 Å². The third-order valence-corrected chi connectivity index (χ3v) is 7.49. The number of aromatic nitrogens is 3. The molecule has 1 saturated heterocycles. The quantitative estimate of drug-likeness (QED) is 0.388. The summed E-state index contributed by atoms with van der Waals surface area (Å²) in [7, 11) is 2.16. The molecule has 3 heterocycles. The Morgan fingerprint density at radius 3 is 2.27 bits per heavy atom. The number of nitrogens with one attached hydrogen (secondary N) is 2. The van der Waals surface area contributed by atoms with E-state index >= 15 is 0 Å². The molecule has 1 aliphatic heterocycles. The molecule has 2 N–H and O–H groups in total. The molecule has 9 nitrogen and oxygen atoms in total. The molecule has 5 rings (SSSR count). The van der Waals surface area contributed by atoms with Gasteiger partial charge in [-0.15, -0.1) is 11.3 Å². The molecule has 0 radical (unpaired) electrons. The lowest BCUT2D eigenvalue weighted by Crippen LogP contribution is -2.43. The van der Waals surface area contributed by atoms with E-state index in [0.29, 0.717) is 15.4 Å². The van der Waals surface area contributed by atoms with Gasteiger partial charge in [0.05, 0.1) is 15.4 Å². The number of thiophene rings is 1. The lowest BCUT2D eigenvalue weighted by molar-refractivity contribution is 0.102. The summed E-state index contributed by atoms with van der Waals surface area (Å²) in [5.41, 5.74) is 4.53. The van der Waals surface area contributed by atoms with Crippen molar-refractivity contribution >= 4 is 34.5 Å². The van der Waals surface area contributed by atoms with Crippen molar-refractivity contribution in [2.75, 3.05) is 43.9 Å². The van der Waals surface area contributed by atoms with Crippen molar-refractivity contribution in [2.45, 2.75) is 13.5 Å². The van der Waals surface area contributed by atoms with Gasteiger partial charge in [0.15, 0.2) is 0 Å². The Balaban J connectivity index is 1.17. The number of piperazine rings is 1. The first-order valence-corrected chi connectivity index (χ1v) is 12.9. The SMILES string of the molecule is Cc1cc(CN2CCN(C)CC2)ccc1NC(=O)c1ccc(C(=O)Nc2ccc(-n3cncn3)cc2)s1. The number of anilines is 2. The average molecular weight is 516 g/mol. The number of nitrogens with zero attached hydrogens (tertiary/aromatic N) is 5. The van der Waals surface area contributed by atoms with Crippen LogP contribution in [0.4, 0.5) is 11.4 Å². The van der Waals surface area contributed by atoms with Gasteiger partial charge in [0.25, 0.3) is 11.8 Å². The standard InChI is InChI=1S/C27H29N7O2S/c1-19-15-20(16-33-13-11-32(2)12-14-33)3-8-23(19)31-27(36)25-10-9-24(37-25)26(35)30-21-4-6-22(7-5-21)34-18-28-17-29-34/h3-10,15,17-18H,11-14,16H2,1-2H3,(H,30,35)(H,31,36). The van der Waals surface area contributed by atoms with Gasteiger partial charge in [-0.2, -0.15) is 5.10 Å². The van der Waals surface area contributed by atoms with Crippen molar-refractivity contribution in [3.05, 3.63) is 88.1 Å². The fourth-order valence-electron chi connectivity index (χ4n) is 4.23. The fourth-order valence-corrected chi connectivity index (χ4v) is 5.02. The number of carbonyl (C=O) groups is 2. The molecule has 37 heavy (non-hydrogen) atoms. The monoisotopic (exact) mass is 515 g/mol. The molecule has 1 aliphatic rings. The van der Waals surface area contributed by atoms with Crippen LogP contribution >= 0.6 is 11.3 Å². The normalized spacial score (nSPS) is 14.4. The minimum Gasteiger partial charge on any atom is -0.321 e. The minimum atomic E-state index is -0.262. The Bertz CT molecular complexity index is 1370. The summed E-state index contributed by atoms with van der Waals surface area (Å²) >= 11 is 1.16. The second-order valence-corrected chi connectivity index (χ2v) is 10.3. The van der Waals surface area contributed by atoms with Gasteiger partial charge in [-0.3, -0.25) is 14.5 Å². The van der Waals surface area contributed by atoms with Crippen molar-refractivity contribution in [1.29, 1.82) is 0 Å². The largest absolute Gasteiger partial charge is 0.321 e. The van der Waals surface area contributed by atoms with E-state index in [2.05, 4.69) is 49.7 Å². The maximum Gasteiger partial charge on any atom is 0.265 e. The smallest absolute Gasteiger partial charge is 0.265 e. The van der Waals surface area contributed by atoms with Gasteiger partial charge >= 0.3 is 0 Å². The van der Waals surface area contributed by atoms with Crippen LogP contribution in [0.2, 0.25) is 0 Å². The third-order valence-electron chi connectivity index (χ3n) is 6.40. The van der Waals surface area contributed by atoms with Gasteiger partial charge < -0.3 is 15.5 Å². The highest BCUT2D eigenvalue weighted by Gasteiger charge is 2.17. The first kappa shape index (κ1) is 24.8. The van der Waals surface area contributed by atoms with Crippen LogP contribution in [0.1, 0.15) is 30.5 Å². The third kappa shape index (κ3) is 6.11. The first-order valence-electron chi connectivity index (χ1n) is 12.1. The van der Waals surface area contributed by atoms with Gasteiger partial charge in [-0.1, -0.05) is 12.1 Å². The minimum absolute atomic E-state index is 0.226. The van der Waals surface area contributed by atoms with Crippen LogP contribution in [0.3, 0.4) is 0 Å². The van der Waals surface area contributed by atoms with Crippen LogP contribution in [0.25, 0.3) is 5.69 Å².